The lowest BCUT2D eigenvalue weighted by Crippen LogP contribution is -2.11. The Morgan fingerprint density at radius 2 is 2.15 bits per heavy atom. The van der Waals surface area contributed by atoms with Crippen LogP contribution in [-0.2, 0) is 4.79 Å². The van der Waals surface area contributed by atoms with E-state index in [2.05, 4.69) is 4.98 Å². The summed E-state index contributed by atoms with van der Waals surface area (Å²) in [5.41, 5.74) is 0.567. The SMILES string of the molecule is CC(C(=O)O)c1ccc(OCCC2CCCCC2)cn1. The van der Waals surface area contributed by atoms with Crippen molar-refractivity contribution >= 4 is 5.97 Å². The smallest absolute Gasteiger partial charge is 0.312 e. The van der Waals surface area contributed by atoms with Crippen LogP contribution in [0.5, 0.6) is 5.75 Å². The fourth-order valence-electron chi connectivity index (χ4n) is 2.68. The molecule has 1 atom stereocenters. The van der Waals surface area contributed by atoms with Gasteiger partial charge in [-0.3, -0.25) is 9.78 Å². The number of nitrogens with zero attached hydrogens (tertiary/aromatic N) is 1. The third kappa shape index (κ3) is 4.22. The maximum Gasteiger partial charge on any atom is 0.312 e. The molecule has 1 saturated carbocycles. The van der Waals surface area contributed by atoms with Gasteiger partial charge in [0, 0.05) is 0 Å². The first-order valence-corrected chi connectivity index (χ1v) is 7.48. The number of pyridine rings is 1. The number of aromatic nitrogens is 1. The molecule has 0 saturated heterocycles. The van der Waals surface area contributed by atoms with E-state index in [1.807, 2.05) is 6.07 Å². The molecule has 0 bridgehead atoms. The van der Waals surface area contributed by atoms with Crippen molar-refractivity contribution in [3.8, 4) is 5.75 Å². The second kappa shape index (κ2) is 7.27. The minimum Gasteiger partial charge on any atom is -0.492 e. The standard InChI is InChI=1S/C16H23NO3/c1-12(16(18)19)15-8-7-14(11-17-15)20-10-9-13-5-3-2-4-6-13/h7-8,11-13H,2-6,9-10H2,1H3,(H,18,19). The van der Waals surface area contributed by atoms with Gasteiger partial charge in [-0.05, 0) is 31.4 Å². The Bertz CT molecular complexity index is 424. The minimum atomic E-state index is -0.858. The van der Waals surface area contributed by atoms with E-state index in [0.29, 0.717) is 5.69 Å². The van der Waals surface area contributed by atoms with Crippen LogP contribution in [0.1, 0.15) is 57.1 Å². The van der Waals surface area contributed by atoms with Crippen molar-refractivity contribution < 1.29 is 14.6 Å². The Morgan fingerprint density at radius 1 is 1.40 bits per heavy atom. The van der Waals surface area contributed by atoms with E-state index in [1.165, 1.54) is 32.1 Å². The molecule has 0 aromatic carbocycles. The highest BCUT2D eigenvalue weighted by atomic mass is 16.5. The van der Waals surface area contributed by atoms with Crippen molar-refractivity contribution in [1.29, 1.82) is 0 Å². The topological polar surface area (TPSA) is 59.4 Å². The Labute approximate surface area is 120 Å². The lowest BCUT2D eigenvalue weighted by atomic mass is 9.87. The van der Waals surface area contributed by atoms with E-state index in [1.54, 1.807) is 19.2 Å². The summed E-state index contributed by atoms with van der Waals surface area (Å²) in [6.45, 7) is 2.36. The lowest BCUT2D eigenvalue weighted by molar-refractivity contribution is -0.138. The second-order valence-electron chi connectivity index (χ2n) is 5.62. The zero-order valence-corrected chi connectivity index (χ0v) is 12.0. The van der Waals surface area contributed by atoms with E-state index >= 15 is 0 Å². The normalized spacial score (nSPS) is 17.6. The van der Waals surface area contributed by atoms with Gasteiger partial charge in [0.2, 0.25) is 0 Å². The van der Waals surface area contributed by atoms with Gasteiger partial charge >= 0.3 is 5.97 Å². The molecule has 1 unspecified atom stereocenters. The van der Waals surface area contributed by atoms with Gasteiger partial charge < -0.3 is 9.84 Å². The summed E-state index contributed by atoms with van der Waals surface area (Å²) in [6, 6.07) is 3.54. The summed E-state index contributed by atoms with van der Waals surface area (Å²) in [4.78, 5) is 15.0. The number of rotatable bonds is 6. The maximum atomic E-state index is 10.9. The van der Waals surface area contributed by atoms with E-state index in [9.17, 15) is 4.79 Å². The van der Waals surface area contributed by atoms with Gasteiger partial charge in [0.15, 0.2) is 0 Å². The second-order valence-corrected chi connectivity index (χ2v) is 5.62. The van der Waals surface area contributed by atoms with Crippen LogP contribution < -0.4 is 4.74 Å². The van der Waals surface area contributed by atoms with E-state index in [0.717, 1.165) is 24.7 Å². The molecule has 1 aliphatic rings. The monoisotopic (exact) mass is 277 g/mol. The Morgan fingerprint density at radius 3 is 2.75 bits per heavy atom. The van der Waals surface area contributed by atoms with Gasteiger partial charge in [-0.2, -0.15) is 0 Å². The molecule has 0 amide bonds. The maximum absolute atomic E-state index is 10.9. The van der Waals surface area contributed by atoms with Gasteiger partial charge in [0.25, 0.3) is 0 Å². The van der Waals surface area contributed by atoms with Gasteiger partial charge in [-0.25, -0.2) is 0 Å². The molecule has 1 fully saturated rings. The van der Waals surface area contributed by atoms with Crippen LogP contribution in [-0.4, -0.2) is 22.7 Å². The average molecular weight is 277 g/mol. The van der Waals surface area contributed by atoms with Crippen LogP contribution in [0, 0.1) is 5.92 Å². The molecule has 20 heavy (non-hydrogen) atoms. The number of carboxylic acids is 1. The molecule has 0 radical (unpaired) electrons. The summed E-state index contributed by atoms with van der Waals surface area (Å²) in [5.74, 6) is 0.0971. The van der Waals surface area contributed by atoms with Gasteiger partial charge in [0.1, 0.15) is 5.75 Å². The highest BCUT2D eigenvalue weighted by Gasteiger charge is 2.15. The molecule has 0 spiro atoms. The number of hydrogen-bond donors (Lipinski definition) is 1. The highest BCUT2D eigenvalue weighted by molar-refractivity contribution is 5.74. The summed E-state index contributed by atoms with van der Waals surface area (Å²) in [7, 11) is 0. The molecule has 2 rings (SSSR count). The van der Waals surface area contributed by atoms with Crippen molar-refractivity contribution in [2.24, 2.45) is 5.92 Å². The van der Waals surface area contributed by atoms with Crippen molar-refractivity contribution in [3.63, 3.8) is 0 Å². The number of ether oxygens (including phenoxy) is 1. The highest BCUT2D eigenvalue weighted by Crippen LogP contribution is 2.26. The molecule has 4 heteroatoms. The third-order valence-electron chi connectivity index (χ3n) is 4.09. The third-order valence-corrected chi connectivity index (χ3v) is 4.09. The zero-order chi connectivity index (χ0) is 14.4. The first-order chi connectivity index (χ1) is 9.66. The van der Waals surface area contributed by atoms with Crippen molar-refractivity contribution in [2.75, 3.05) is 6.61 Å². The van der Waals surface area contributed by atoms with Crippen LogP contribution in [0.15, 0.2) is 18.3 Å². The summed E-state index contributed by atoms with van der Waals surface area (Å²) in [5, 5.41) is 8.92. The molecule has 1 heterocycles. The van der Waals surface area contributed by atoms with Crippen molar-refractivity contribution in [1.82, 2.24) is 4.98 Å². The molecule has 0 aliphatic heterocycles. The van der Waals surface area contributed by atoms with Crippen LogP contribution in [0.2, 0.25) is 0 Å². The van der Waals surface area contributed by atoms with Crippen molar-refractivity contribution in [3.05, 3.63) is 24.0 Å². The first kappa shape index (κ1) is 14.8. The van der Waals surface area contributed by atoms with Crippen molar-refractivity contribution in [2.45, 2.75) is 51.4 Å². The summed E-state index contributed by atoms with van der Waals surface area (Å²) >= 11 is 0. The molecular weight excluding hydrogens is 254 g/mol. The van der Waals surface area contributed by atoms with E-state index in [-0.39, 0.29) is 0 Å². The first-order valence-electron chi connectivity index (χ1n) is 7.48. The van der Waals surface area contributed by atoms with Crippen LogP contribution in [0.25, 0.3) is 0 Å². The molecule has 1 aliphatic carbocycles. The predicted molar refractivity (Wildman–Crippen MR) is 77.0 cm³/mol. The number of carbonyl (C=O) groups is 1. The fourth-order valence-corrected chi connectivity index (χ4v) is 2.68. The molecule has 110 valence electrons. The fraction of sp³-hybridized carbons (Fsp3) is 0.625. The Kier molecular flexibility index (Phi) is 5.39. The van der Waals surface area contributed by atoms with Crippen LogP contribution in [0.4, 0.5) is 0 Å². The quantitative estimate of drug-likeness (QED) is 0.862. The minimum absolute atomic E-state index is 0.567. The predicted octanol–water partition coefficient (Wildman–Crippen LogP) is 3.62. The van der Waals surface area contributed by atoms with Crippen LogP contribution >= 0.6 is 0 Å². The van der Waals surface area contributed by atoms with Gasteiger partial charge in [-0.1, -0.05) is 32.1 Å². The Hall–Kier alpha value is -1.58. The molecule has 1 aromatic rings. The number of aliphatic carboxylic acids is 1. The zero-order valence-electron chi connectivity index (χ0n) is 12.0. The summed E-state index contributed by atoms with van der Waals surface area (Å²) < 4.78 is 5.69. The van der Waals surface area contributed by atoms with E-state index < -0.39 is 11.9 Å². The molecular formula is C16H23NO3. The largest absolute Gasteiger partial charge is 0.492 e. The Balaban J connectivity index is 1.77. The van der Waals surface area contributed by atoms with Crippen LogP contribution in [0.3, 0.4) is 0 Å². The molecule has 1 N–H and O–H groups in total. The lowest BCUT2D eigenvalue weighted by Gasteiger charge is -2.21. The van der Waals surface area contributed by atoms with E-state index in [4.69, 9.17) is 9.84 Å². The molecule has 1 aromatic heterocycles. The molecule has 4 nitrogen and oxygen atoms in total. The van der Waals surface area contributed by atoms with Gasteiger partial charge in [-0.15, -0.1) is 0 Å². The number of carboxylic acid groups (broad SMARTS) is 1. The van der Waals surface area contributed by atoms with Gasteiger partial charge in [0.05, 0.1) is 24.4 Å². The number of hydrogen-bond acceptors (Lipinski definition) is 3. The average Bonchev–Trinajstić information content (AvgIpc) is 2.48. The summed E-state index contributed by atoms with van der Waals surface area (Å²) in [6.07, 6.45) is 9.47.